The van der Waals surface area contributed by atoms with Crippen LogP contribution in [-0.4, -0.2) is 42.4 Å². The SMILES string of the molecule is C=CCCC(=O)N[C@@H](Cc1ccccc1)[C@H](O)CN[C@H]1C[C@@H](OCC=C)c2ccc(OC(C)C)cc21. The monoisotopic (exact) mass is 492 g/mol. The van der Waals surface area contributed by atoms with Gasteiger partial charge in [0.15, 0.2) is 0 Å². The zero-order valence-corrected chi connectivity index (χ0v) is 21.5. The second kappa shape index (κ2) is 14.0. The van der Waals surface area contributed by atoms with Crippen molar-refractivity contribution in [1.82, 2.24) is 10.6 Å². The van der Waals surface area contributed by atoms with Crippen LogP contribution in [0.25, 0.3) is 0 Å². The first-order valence-electron chi connectivity index (χ1n) is 12.8. The van der Waals surface area contributed by atoms with Crippen molar-refractivity contribution in [3.63, 3.8) is 0 Å². The number of allylic oxidation sites excluding steroid dienone is 1. The van der Waals surface area contributed by atoms with Gasteiger partial charge in [0.05, 0.1) is 31.0 Å². The van der Waals surface area contributed by atoms with E-state index in [2.05, 4.69) is 35.9 Å². The van der Waals surface area contributed by atoms with Crippen LogP contribution >= 0.6 is 0 Å². The normalized spacial score (nSPS) is 18.3. The molecule has 1 amide bonds. The average molecular weight is 493 g/mol. The second-order valence-corrected chi connectivity index (χ2v) is 9.52. The van der Waals surface area contributed by atoms with Crippen LogP contribution in [0.1, 0.15) is 61.9 Å². The fourth-order valence-electron chi connectivity index (χ4n) is 4.57. The largest absolute Gasteiger partial charge is 0.491 e. The van der Waals surface area contributed by atoms with Crippen LogP contribution in [0.15, 0.2) is 73.8 Å². The molecule has 0 fully saturated rings. The van der Waals surface area contributed by atoms with Gasteiger partial charge in [-0.1, -0.05) is 48.6 Å². The maximum atomic E-state index is 12.5. The molecule has 2 aromatic carbocycles. The second-order valence-electron chi connectivity index (χ2n) is 9.52. The summed E-state index contributed by atoms with van der Waals surface area (Å²) in [5.41, 5.74) is 3.30. The van der Waals surface area contributed by atoms with Crippen LogP contribution in [0.2, 0.25) is 0 Å². The number of hydrogen-bond acceptors (Lipinski definition) is 5. The van der Waals surface area contributed by atoms with Gasteiger partial charge in [-0.05, 0) is 61.9 Å². The molecule has 2 aromatic rings. The van der Waals surface area contributed by atoms with E-state index in [9.17, 15) is 9.90 Å². The number of benzene rings is 2. The molecule has 0 bridgehead atoms. The predicted octanol–water partition coefficient (Wildman–Crippen LogP) is 4.81. The molecule has 36 heavy (non-hydrogen) atoms. The van der Waals surface area contributed by atoms with Crippen LogP contribution < -0.4 is 15.4 Å². The molecule has 0 heterocycles. The molecule has 0 saturated heterocycles. The highest BCUT2D eigenvalue weighted by Gasteiger charge is 2.33. The van der Waals surface area contributed by atoms with Gasteiger partial charge in [-0.25, -0.2) is 0 Å². The zero-order chi connectivity index (χ0) is 25.9. The van der Waals surface area contributed by atoms with Crippen molar-refractivity contribution in [3.8, 4) is 5.75 Å². The van der Waals surface area contributed by atoms with Crippen LogP contribution in [0.4, 0.5) is 0 Å². The Morgan fingerprint density at radius 3 is 2.61 bits per heavy atom. The summed E-state index contributed by atoms with van der Waals surface area (Å²) >= 11 is 0. The molecule has 0 saturated carbocycles. The van der Waals surface area contributed by atoms with Gasteiger partial charge in [-0.15, -0.1) is 13.2 Å². The summed E-state index contributed by atoms with van der Waals surface area (Å²) in [6.45, 7) is 12.3. The summed E-state index contributed by atoms with van der Waals surface area (Å²) in [6.07, 6.45) is 4.97. The summed E-state index contributed by atoms with van der Waals surface area (Å²) in [4.78, 5) is 12.5. The van der Waals surface area contributed by atoms with Crippen LogP contribution in [0.5, 0.6) is 5.75 Å². The number of aliphatic hydroxyl groups excluding tert-OH is 1. The molecule has 6 heteroatoms. The first-order valence-corrected chi connectivity index (χ1v) is 12.8. The third-order valence-corrected chi connectivity index (χ3v) is 6.28. The van der Waals surface area contributed by atoms with Crippen LogP contribution in [0, 0.1) is 0 Å². The number of nitrogens with one attached hydrogen (secondary N) is 2. The highest BCUT2D eigenvalue weighted by molar-refractivity contribution is 5.76. The minimum Gasteiger partial charge on any atom is -0.491 e. The lowest BCUT2D eigenvalue weighted by Gasteiger charge is -2.26. The number of carbonyl (C=O) groups is 1. The molecule has 0 aliphatic heterocycles. The van der Waals surface area contributed by atoms with Crippen molar-refractivity contribution in [1.29, 1.82) is 0 Å². The number of ether oxygens (including phenoxy) is 2. The Bertz CT molecular complexity index is 992. The summed E-state index contributed by atoms with van der Waals surface area (Å²) in [5, 5.41) is 17.7. The van der Waals surface area contributed by atoms with Gasteiger partial charge in [0.25, 0.3) is 0 Å². The van der Waals surface area contributed by atoms with E-state index >= 15 is 0 Å². The Morgan fingerprint density at radius 2 is 1.92 bits per heavy atom. The average Bonchev–Trinajstić information content (AvgIpc) is 3.21. The Kier molecular flexibility index (Phi) is 10.7. The van der Waals surface area contributed by atoms with Gasteiger partial charge in [0, 0.05) is 19.0 Å². The molecule has 0 spiro atoms. The minimum atomic E-state index is -0.774. The fraction of sp³-hybridized carbons (Fsp3) is 0.433. The van der Waals surface area contributed by atoms with Crippen LogP contribution in [0.3, 0.4) is 0 Å². The van der Waals surface area contributed by atoms with Gasteiger partial charge < -0.3 is 25.2 Å². The van der Waals surface area contributed by atoms with Crippen LogP contribution in [-0.2, 0) is 16.0 Å². The zero-order valence-electron chi connectivity index (χ0n) is 21.5. The van der Waals surface area contributed by atoms with E-state index in [-0.39, 0.29) is 24.2 Å². The maximum Gasteiger partial charge on any atom is 0.220 e. The number of aliphatic hydroxyl groups is 1. The highest BCUT2D eigenvalue weighted by atomic mass is 16.5. The summed E-state index contributed by atoms with van der Waals surface area (Å²) < 4.78 is 11.9. The topological polar surface area (TPSA) is 79.8 Å². The van der Waals surface area contributed by atoms with Gasteiger partial charge in [-0.2, -0.15) is 0 Å². The van der Waals surface area contributed by atoms with E-state index in [0.717, 1.165) is 28.9 Å². The van der Waals surface area contributed by atoms with Crippen molar-refractivity contribution >= 4 is 5.91 Å². The third-order valence-electron chi connectivity index (χ3n) is 6.28. The number of amides is 1. The van der Waals surface area contributed by atoms with Gasteiger partial charge in [0.1, 0.15) is 5.75 Å². The lowest BCUT2D eigenvalue weighted by atomic mass is 10.00. The number of rotatable bonds is 15. The van der Waals surface area contributed by atoms with E-state index < -0.39 is 12.1 Å². The molecule has 3 N–H and O–H groups in total. The third kappa shape index (κ3) is 8.05. The summed E-state index contributed by atoms with van der Waals surface area (Å²) in [7, 11) is 0. The van der Waals surface area contributed by atoms with Crippen molar-refractivity contribution in [2.24, 2.45) is 0 Å². The van der Waals surface area contributed by atoms with Gasteiger partial charge >= 0.3 is 0 Å². The first-order chi connectivity index (χ1) is 17.4. The summed E-state index contributed by atoms with van der Waals surface area (Å²) in [6, 6.07) is 15.6. The lowest BCUT2D eigenvalue weighted by Crippen LogP contribution is -2.49. The van der Waals surface area contributed by atoms with E-state index in [1.807, 2.05) is 50.2 Å². The molecular weight excluding hydrogens is 452 g/mol. The fourth-order valence-corrected chi connectivity index (χ4v) is 4.57. The number of hydrogen-bond donors (Lipinski definition) is 3. The quantitative estimate of drug-likeness (QED) is 0.311. The Balaban J connectivity index is 1.72. The maximum absolute atomic E-state index is 12.5. The Hall–Kier alpha value is -2.93. The van der Waals surface area contributed by atoms with E-state index in [4.69, 9.17) is 9.47 Å². The minimum absolute atomic E-state index is 0.00554. The molecule has 6 nitrogen and oxygen atoms in total. The predicted molar refractivity (Wildman–Crippen MR) is 144 cm³/mol. The first kappa shape index (κ1) is 27.7. The smallest absolute Gasteiger partial charge is 0.220 e. The molecule has 0 unspecified atom stereocenters. The van der Waals surface area contributed by atoms with Crippen molar-refractivity contribution in [2.45, 2.75) is 69.9 Å². The highest BCUT2D eigenvalue weighted by Crippen LogP contribution is 2.42. The van der Waals surface area contributed by atoms with Gasteiger partial charge in [0.2, 0.25) is 5.91 Å². The van der Waals surface area contributed by atoms with Crippen molar-refractivity contribution < 1.29 is 19.4 Å². The molecule has 3 rings (SSSR count). The Labute approximate surface area is 215 Å². The summed E-state index contributed by atoms with van der Waals surface area (Å²) in [5.74, 6) is 0.728. The van der Waals surface area contributed by atoms with Gasteiger partial charge in [-0.3, -0.25) is 4.79 Å². The molecule has 194 valence electrons. The number of fused-ring (bicyclic) bond motifs is 1. The molecule has 1 aliphatic rings. The van der Waals surface area contributed by atoms with E-state index in [1.54, 1.807) is 12.2 Å². The van der Waals surface area contributed by atoms with Crippen molar-refractivity contribution in [3.05, 3.63) is 90.5 Å². The number of carbonyl (C=O) groups excluding carboxylic acids is 1. The molecule has 0 radical (unpaired) electrons. The molecule has 1 aliphatic carbocycles. The lowest BCUT2D eigenvalue weighted by molar-refractivity contribution is -0.122. The van der Waals surface area contributed by atoms with E-state index in [0.29, 0.717) is 32.4 Å². The molecule has 4 atom stereocenters. The standard InChI is InChI=1S/C30H40N2O4/c1-5-7-13-30(34)32-27(17-22-11-9-8-10-12-22)28(33)20-31-26-19-29(35-16-6-2)24-15-14-23(18-25(24)26)36-21(3)4/h5-6,8-12,14-15,18,21,26-29,31,33H,1-2,7,13,16-17,19-20H2,3-4H3,(H,32,34)/t26-,27-,28+,29+/m0/s1. The van der Waals surface area contributed by atoms with E-state index in [1.165, 1.54) is 0 Å². The Morgan fingerprint density at radius 1 is 1.14 bits per heavy atom. The van der Waals surface area contributed by atoms with Crippen molar-refractivity contribution in [2.75, 3.05) is 13.2 Å². The molecule has 0 aromatic heterocycles. The molecular formula is C30H40N2O4.